The quantitative estimate of drug-likeness (QED) is 0.405. The van der Waals surface area contributed by atoms with Crippen LogP contribution in [0.2, 0.25) is 0 Å². The molecular formula is C29H34F2N4O3S2. The second kappa shape index (κ2) is 11.3. The van der Waals surface area contributed by atoms with Gasteiger partial charge in [-0.3, -0.25) is 9.69 Å². The Kier molecular flexibility index (Phi) is 8.11. The molecule has 2 aliphatic rings. The van der Waals surface area contributed by atoms with Crippen molar-refractivity contribution in [3.63, 3.8) is 0 Å². The standard InChI is InChI=1S/C29H34F2N4O3S2/c1-28(2)10-11-29(20-35(28)40(37,38)24-8-5-7-22(30)17-24)12-14-34(15-13-29)19-26(36)33-27-32-18-23(39-27)16-21-6-3-4-9-25(21)31/h3-9,17-18H,10-16,19-20H2,1-2H3,(H,32,33,36). The lowest BCUT2D eigenvalue weighted by Crippen LogP contribution is -2.59. The molecule has 2 aliphatic heterocycles. The van der Waals surface area contributed by atoms with Crippen LogP contribution in [0.3, 0.4) is 0 Å². The molecule has 0 radical (unpaired) electrons. The minimum Gasteiger partial charge on any atom is -0.301 e. The minimum atomic E-state index is -3.87. The molecule has 0 aliphatic carbocycles. The number of hydrogen-bond acceptors (Lipinski definition) is 6. The molecule has 2 saturated heterocycles. The van der Waals surface area contributed by atoms with Gasteiger partial charge in [0, 0.05) is 29.6 Å². The summed E-state index contributed by atoms with van der Waals surface area (Å²) >= 11 is 1.33. The number of benzene rings is 2. The largest absolute Gasteiger partial charge is 0.301 e. The predicted octanol–water partition coefficient (Wildman–Crippen LogP) is 5.30. The fourth-order valence-corrected chi connectivity index (χ4v) is 8.49. The third-order valence-electron chi connectivity index (χ3n) is 8.21. The van der Waals surface area contributed by atoms with Crippen LogP contribution in [0.1, 0.15) is 50.0 Å². The maximum atomic E-state index is 14.0. The summed E-state index contributed by atoms with van der Waals surface area (Å²) in [5.74, 6) is -1.00. The Hall–Kier alpha value is -2.73. The highest BCUT2D eigenvalue weighted by atomic mass is 32.2. The molecule has 1 spiro atoms. The molecule has 1 amide bonds. The summed E-state index contributed by atoms with van der Waals surface area (Å²) in [5, 5.41) is 3.34. The highest BCUT2D eigenvalue weighted by Gasteiger charge is 2.49. The summed E-state index contributed by atoms with van der Waals surface area (Å²) in [4.78, 5) is 20.0. The zero-order chi connectivity index (χ0) is 28.5. The molecule has 214 valence electrons. The van der Waals surface area contributed by atoms with E-state index in [-0.39, 0.29) is 28.6 Å². The average molecular weight is 589 g/mol. The first-order valence-electron chi connectivity index (χ1n) is 13.4. The molecular weight excluding hydrogens is 554 g/mol. The van der Waals surface area contributed by atoms with E-state index in [1.165, 1.54) is 35.6 Å². The third kappa shape index (κ3) is 6.27. The van der Waals surface area contributed by atoms with Crippen LogP contribution in [0.4, 0.5) is 13.9 Å². The Morgan fingerprint density at radius 1 is 1.05 bits per heavy atom. The number of amides is 1. The van der Waals surface area contributed by atoms with Crippen molar-refractivity contribution >= 4 is 32.4 Å². The van der Waals surface area contributed by atoms with Gasteiger partial charge < -0.3 is 5.32 Å². The van der Waals surface area contributed by atoms with E-state index in [0.717, 1.165) is 30.2 Å². The number of likely N-dealkylation sites (tertiary alicyclic amines) is 1. The zero-order valence-electron chi connectivity index (χ0n) is 22.7. The van der Waals surface area contributed by atoms with Gasteiger partial charge in [-0.25, -0.2) is 22.2 Å². The van der Waals surface area contributed by atoms with Crippen molar-refractivity contribution in [1.82, 2.24) is 14.2 Å². The number of halogens is 2. The van der Waals surface area contributed by atoms with E-state index in [1.807, 2.05) is 13.8 Å². The van der Waals surface area contributed by atoms with E-state index < -0.39 is 21.4 Å². The number of hydrogen-bond donors (Lipinski definition) is 1. The van der Waals surface area contributed by atoms with Crippen LogP contribution in [-0.2, 0) is 21.2 Å². The van der Waals surface area contributed by atoms with Crippen molar-refractivity contribution in [3.05, 3.63) is 76.8 Å². The van der Waals surface area contributed by atoms with Crippen LogP contribution in [0.15, 0.2) is 59.6 Å². The summed E-state index contributed by atoms with van der Waals surface area (Å²) in [5.41, 5.74) is -0.175. The number of carbonyl (C=O) groups excluding carboxylic acids is 1. The first kappa shape index (κ1) is 28.8. The molecule has 7 nitrogen and oxygen atoms in total. The van der Waals surface area contributed by atoms with Crippen LogP contribution in [0.25, 0.3) is 0 Å². The Morgan fingerprint density at radius 3 is 2.52 bits per heavy atom. The topological polar surface area (TPSA) is 82.6 Å². The lowest BCUT2D eigenvalue weighted by atomic mass is 9.69. The van der Waals surface area contributed by atoms with Crippen LogP contribution < -0.4 is 5.32 Å². The molecule has 11 heteroatoms. The summed E-state index contributed by atoms with van der Waals surface area (Å²) in [6.45, 7) is 5.81. The third-order valence-corrected chi connectivity index (χ3v) is 11.2. The maximum Gasteiger partial charge on any atom is 0.243 e. The van der Waals surface area contributed by atoms with Crippen molar-refractivity contribution in [1.29, 1.82) is 0 Å². The van der Waals surface area contributed by atoms with Crippen LogP contribution in [-0.4, -0.2) is 60.2 Å². The van der Waals surface area contributed by atoms with Crippen LogP contribution in [0.5, 0.6) is 0 Å². The van der Waals surface area contributed by atoms with Gasteiger partial charge in [0.05, 0.1) is 11.4 Å². The van der Waals surface area contributed by atoms with Crippen molar-refractivity contribution < 1.29 is 22.0 Å². The van der Waals surface area contributed by atoms with Gasteiger partial charge in [0.25, 0.3) is 0 Å². The number of carbonyl (C=O) groups is 1. The van der Waals surface area contributed by atoms with Gasteiger partial charge in [-0.15, -0.1) is 11.3 Å². The van der Waals surface area contributed by atoms with E-state index in [9.17, 15) is 22.0 Å². The van der Waals surface area contributed by atoms with Gasteiger partial charge in [-0.05, 0) is 87.9 Å². The van der Waals surface area contributed by atoms with Crippen LogP contribution in [0, 0.1) is 17.0 Å². The molecule has 2 aromatic carbocycles. The number of thiazole rings is 1. The van der Waals surface area contributed by atoms with Gasteiger partial charge in [-0.1, -0.05) is 24.3 Å². The molecule has 1 N–H and O–H groups in total. The Morgan fingerprint density at radius 2 is 1.80 bits per heavy atom. The Bertz CT molecular complexity index is 1480. The fraction of sp³-hybridized carbons (Fsp3) is 0.448. The van der Waals surface area contributed by atoms with Crippen molar-refractivity contribution in [2.75, 3.05) is 31.5 Å². The minimum absolute atomic E-state index is 0.0222. The van der Waals surface area contributed by atoms with E-state index in [4.69, 9.17) is 0 Å². The first-order chi connectivity index (χ1) is 19.0. The summed E-state index contributed by atoms with van der Waals surface area (Å²) in [6.07, 6.45) is 5.23. The summed E-state index contributed by atoms with van der Waals surface area (Å²) in [6, 6.07) is 11.8. The van der Waals surface area contributed by atoms with Gasteiger partial charge >= 0.3 is 0 Å². The molecule has 40 heavy (non-hydrogen) atoms. The number of rotatable bonds is 7. The van der Waals surface area contributed by atoms with E-state index >= 15 is 0 Å². The number of aromatic nitrogens is 1. The van der Waals surface area contributed by atoms with Crippen molar-refractivity contribution in [3.8, 4) is 0 Å². The molecule has 1 aromatic heterocycles. The summed E-state index contributed by atoms with van der Waals surface area (Å²) < 4.78 is 56.5. The van der Waals surface area contributed by atoms with Gasteiger partial charge in [0.15, 0.2) is 5.13 Å². The number of sulfonamides is 1. The predicted molar refractivity (Wildman–Crippen MR) is 152 cm³/mol. The smallest absolute Gasteiger partial charge is 0.243 e. The Labute approximate surface area is 238 Å². The SMILES string of the molecule is CC1(C)CCC2(CCN(CC(=O)Nc3ncc(Cc4ccccc4F)s3)CC2)CN1S(=O)(=O)c1cccc(F)c1. The van der Waals surface area contributed by atoms with Gasteiger partial charge in [-0.2, -0.15) is 4.31 Å². The van der Waals surface area contributed by atoms with E-state index in [2.05, 4.69) is 15.2 Å². The van der Waals surface area contributed by atoms with Gasteiger partial charge in [0.2, 0.25) is 15.9 Å². The highest BCUT2D eigenvalue weighted by molar-refractivity contribution is 7.89. The maximum absolute atomic E-state index is 14.0. The van der Waals surface area contributed by atoms with Crippen molar-refractivity contribution in [2.45, 2.75) is 56.4 Å². The molecule has 2 fully saturated rings. The zero-order valence-corrected chi connectivity index (χ0v) is 24.3. The molecule has 0 unspecified atom stereocenters. The molecule has 0 bridgehead atoms. The molecule has 3 aromatic rings. The van der Waals surface area contributed by atoms with E-state index in [0.29, 0.717) is 43.2 Å². The number of nitrogens with zero attached hydrogens (tertiary/aromatic N) is 3. The molecule has 5 rings (SSSR count). The van der Waals surface area contributed by atoms with Crippen LogP contribution >= 0.6 is 11.3 Å². The normalized spacial score (nSPS) is 19.5. The first-order valence-corrected chi connectivity index (χ1v) is 15.7. The second-order valence-corrected chi connectivity index (χ2v) is 14.5. The lowest BCUT2D eigenvalue weighted by molar-refractivity contribution is -0.118. The molecule has 0 atom stereocenters. The van der Waals surface area contributed by atoms with E-state index in [1.54, 1.807) is 28.7 Å². The molecule has 0 saturated carbocycles. The highest BCUT2D eigenvalue weighted by Crippen LogP contribution is 2.46. The number of anilines is 1. The fourth-order valence-electron chi connectivity index (χ4n) is 5.69. The second-order valence-electron chi connectivity index (χ2n) is 11.5. The average Bonchev–Trinajstić information content (AvgIpc) is 3.35. The number of piperidine rings is 2. The summed E-state index contributed by atoms with van der Waals surface area (Å²) in [7, 11) is -3.87. The lowest BCUT2D eigenvalue weighted by Gasteiger charge is -2.53. The monoisotopic (exact) mass is 588 g/mol. The Balaban J connectivity index is 1.17. The molecule has 3 heterocycles. The van der Waals surface area contributed by atoms with Crippen molar-refractivity contribution in [2.24, 2.45) is 5.41 Å². The van der Waals surface area contributed by atoms with Gasteiger partial charge in [0.1, 0.15) is 11.6 Å². The number of nitrogens with one attached hydrogen (secondary N) is 1.